The number of nitro benzene ring substituents is 1. The van der Waals surface area contributed by atoms with Crippen molar-refractivity contribution in [2.75, 3.05) is 18.4 Å². The van der Waals surface area contributed by atoms with Crippen molar-refractivity contribution >= 4 is 28.6 Å². The number of nitrogens with one attached hydrogen (secondary N) is 1. The second-order valence-corrected chi connectivity index (χ2v) is 6.76. The number of anilines is 1. The minimum atomic E-state index is -0.422. The van der Waals surface area contributed by atoms with Crippen LogP contribution in [-0.4, -0.2) is 28.8 Å². The molecule has 1 aromatic heterocycles. The molecule has 6 nitrogen and oxygen atoms in total. The Balaban J connectivity index is 1.58. The van der Waals surface area contributed by atoms with Crippen molar-refractivity contribution in [2.24, 2.45) is 0 Å². The maximum absolute atomic E-state index is 12.5. The lowest BCUT2D eigenvalue weighted by molar-refractivity contribution is -0.384. The van der Waals surface area contributed by atoms with E-state index in [9.17, 15) is 14.9 Å². The molecule has 7 heteroatoms. The van der Waals surface area contributed by atoms with E-state index in [1.165, 1.54) is 16.5 Å². The van der Waals surface area contributed by atoms with Gasteiger partial charge in [0.25, 0.3) is 5.69 Å². The number of hydrogen-bond donors (Lipinski definition) is 1. The summed E-state index contributed by atoms with van der Waals surface area (Å²) in [5.74, 6) is 0.0745. The maximum atomic E-state index is 12.5. The molecular weight excluding hydrogens is 326 g/mol. The van der Waals surface area contributed by atoms with Crippen LogP contribution in [0, 0.1) is 10.1 Å². The SMILES string of the molecule is C[C@H]1c2ccsc2CCN1C(=O)CCNc1ccccc1[N+](=O)[O-]. The molecule has 1 N–H and O–H groups in total. The van der Waals surface area contributed by atoms with Gasteiger partial charge in [0, 0.05) is 30.5 Å². The smallest absolute Gasteiger partial charge is 0.292 e. The highest BCUT2D eigenvalue weighted by molar-refractivity contribution is 7.10. The number of rotatable bonds is 5. The molecule has 2 aromatic rings. The van der Waals surface area contributed by atoms with Crippen LogP contribution in [0.3, 0.4) is 0 Å². The summed E-state index contributed by atoms with van der Waals surface area (Å²) in [6, 6.07) is 8.66. The van der Waals surface area contributed by atoms with Crippen LogP contribution in [0.2, 0.25) is 0 Å². The standard InChI is InChI=1S/C17H19N3O3S/c1-12-13-8-11-24-16(13)7-10-19(12)17(21)6-9-18-14-4-2-3-5-15(14)20(22)23/h2-5,8,11-12,18H,6-7,9-10H2,1H3/t12-/m0/s1. The third-order valence-electron chi connectivity index (χ3n) is 4.35. The lowest BCUT2D eigenvalue weighted by Gasteiger charge is -2.33. The van der Waals surface area contributed by atoms with Gasteiger partial charge in [0.1, 0.15) is 5.69 Å². The average Bonchev–Trinajstić information content (AvgIpc) is 3.05. The van der Waals surface area contributed by atoms with Crippen LogP contribution in [0.4, 0.5) is 11.4 Å². The summed E-state index contributed by atoms with van der Waals surface area (Å²) in [7, 11) is 0. The molecule has 24 heavy (non-hydrogen) atoms. The number of thiophene rings is 1. The maximum Gasteiger partial charge on any atom is 0.292 e. The molecule has 1 aromatic carbocycles. The van der Waals surface area contributed by atoms with Crippen molar-refractivity contribution in [3.8, 4) is 0 Å². The summed E-state index contributed by atoms with van der Waals surface area (Å²) < 4.78 is 0. The fourth-order valence-electron chi connectivity index (χ4n) is 3.08. The highest BCUT2D eigenvalue weighted by Gasteiger charge is 2.27. The number of para-hydroxylation sites is 2. The Labute approximate surface area is 144 Å². The second-order valence-electron chi connectivity index (χ2n) is 5.76. The molecule has 0 spiro atoms. The van der Waals surface area contributed by atoms with Gasteiger partial charge in [-0.2, -0.15) is 0 Å². The number of nitrogens with zero attached hydrogens (tertiary/aromatic N) is 2. The van der Waals surface area contributed by atoms with Crippen molar-refractivity contribution in [2.45, 2.75) is 25.8 Å². The molecule has 1 amide bonds. The van der Waals surface area contributed by atoms with E-state index in [4.69, 9.17) is 0 Å². The number of fused-ring (bicyclic) bond motifs is 1. The molecule has 0 radical (unpaired) electrons. The van der Waals surface area contributed by atoms with E-state index in [1.807, 2.05) is 4.90 Å². The van der Waals surface area contributed by atoms with E-state index in [1.54, 1.807) is 29.5 Å². The van der Waals surface area contributed by atoms with Crippen molar-refractivity contribution in [3.05, 3.63) is 56.3 Å². The van der Waals surface area contributed by atoms with E-state index >= 15 is 0 Å². The van der Waals surface area contributed by atoms with Crippen LogP contribution in [0.15, 0.2) is 35.7 Å². The van der Waals surface area contributed by atoms with Crippen molar-refractivity contribution in [3.63, 3.8) is 0 Å². The lowest BCUT2D eigenvalue weighted by atomic mass is 10.0. The Bertz CT molecular complexity index is 759. The number of nitro groups is 1. The van der Waals surface area contributed by atoms with Crippen molar-refractivity contribution in [1.29, 1.82) is 0 Å². The first-order valence-corrected chi connectivity index (χ1v) is 8.79. The Kier molecular flexibility index (Phi) is 4.80. The molecule has 3 rings (SSSR count). The van der Waals surface area contributed by atoms with E-state index in [0.29, 0.717) is 18.7 Å². The van der Waals surface area contributed by atoms with Crippen LogP contribution in [0.5, 0.6) is 0 Å². The normalized spacial score (nSPS) is 16.5. The fraction of sp³-hybridized carbons (Fsp3) is 0.353. The van der Waals surface area contributed by atoms with Gasteiger partial charge >= 0.3 is 0 Å². The van der Waals surface area contributed by atoms with Gasteiger partial charge in [-0.3, -0.25) is 14.9 Å². The summed E-state index contributed by atoms with van der Waals surface area (Å²) in [6.45, 7) is 3.17. The highest BCUT2D eigenvalue weighted by Crippen LogP contribution is 2.33. The Hall–Kier alpha value is -2.41. The van der Waals surface area contributed by atoms with Gasteiger partial charge in [0.2, 0.25) is 5.91 Å². The minimum absolute atomic E-state index is 0.0270. The molecule has 0 saturated heterocycles. The topological polar surface area (TPSA) is 75.5 Å². The average molecular weight is 345 g/mol. The summed E-state index contributed by atoms with van der Waals surface area (Å²) in [5.41, 5.74) is 1.72. The van der Waals surface area contributed by atoms with Gasteiger partial charge in [0.05, 0.1) is 11.0 Å². The third-order valence-corrected chi connectivity index (χ3v) is 5.35. The Morgan fingerprint density at radius 3 is 3.00 bits per heavy atom. The molecule has 126 valence electrons. The predicted octanol–water partition coefficient (Wildman–Crippen LogP) is 3.60. The number of hydrogen-bond acceptors (Lipinski definition) is 5. The largest absolute Gasteiger partial charge is 0.379 e. The van der Waals surface area contributed by atoms with Gasteiger partial charge in [-0.25, -0.2) is 0 Å². The van der Waals surface area contributed by atoms with Crippen LogP contribution in [-0.2, 0) is 11.2 Å². The molecule has 2 heterocycles. The number of benzene rings is 1. The minimum Gasteiger partial charge on any atom is -0.379 e. The molecule has 0 saturated carbocycles. The number of amides is 1. The van der Waals surface area contributed by atoms with E-state index in [0.717, 1.165) is 13.0 Å². The van der Waals surface area contributed by atoms with Crippen molar-refractivity contribution < 1.29 is 9.72 Å². The Morgan fingerprint density at radius 1 is 1.42 bits per heavy atom. The molecule has 1 aliphatic rings. The zero-order valence-electron chi connectivity index (χ0n) is 13.4. The van der Waals surface area contributed by atoms with Crippen LogP contribution >= 0.6 is 11.3 Å². The number of carbonyl (C=O) groups is 1. The summed E-state index contributed by atoms with van der Waals surface area (Å²) >= 11 is 1.75. The van der Waals surface area contributed by atoms with Crippen LogP contribution in [0.1, 0.15) is 29.8 Å². The molecule has 0 aliphatic carbocycles. The molecule has 1 aliphatic heterocycles. The third kappa shape index (κ3) is 3.26. The van der Waals surface area contributed by atoms with Gasteiger partial charge in [-0.05, 0) is 36.4 Å². The monoisotopic (exact) mass is 345 g/mol. The number of carbonyl (C=O) groups excluding carboxylic acids is 1. The molecule has 1 atom stereocenters. The second kappa shape index (κ2) is 7.00. The molecule has 0 fully saturated rings. The van der Waals surface area contributed by atoms with E-state index in [-0.39, 0.29) is 17.6 Å². The summed E-state index contributed by atoms with van der Waals surface area (Å²) in [5, 5.41) is 16.1. The van der Waals surface area contributed by atoms with E-state index in [2.05, 4.69) is 23.7 Å². The first-order chi connectivity index (χ1) is 11.6. The summed E-state index contributed by atoms with van der Waals surface area (Å²) in [4.78, 5) is 26.3. The van der Waals surface area contributed by atoms with E-state index < -0.39 is 4.92 Å². The van der Waals surface area contributed by atoms with Crippen LogP contribution < -0.4 is 5.32 Å². The highest BCUT2D eigenvalue weighted by atomic mass is 32.1. The molecule has 0 unspecified atom stereocenters. The summed E-state index contributed by atoms with van der Waals surface area (Å²) in [6.07, 6.45) is 1.22. The predicted molar refractivity (Wildman–Crippen MR) is 94.4 cm³/mol. The molecule has 0 bridgehead atoms. The molecular formula is C17H19N3O3S. The first-order valence-electron chi connectivity index (χ1n) is 7.91. The van der Waals surface area contributed by atoms with Gasteiger partial charge in [-0.15, -0.1) is 11.3 Å². The zero-order valence-corrected chi connectivity index (χ0v) is 14.2. The first kappa shape index (κ1) is 16.4. The van der Waals surface area contributed by atoms with Gasteiger partial charge in [-0.1, -0.05) is 12.1 Å². The van der Waals surface area contributed by atoms with Gasteiger partial charge in [0.15, 0.2) is 0 Å². The fourth-order valence-corrected chi connectivity index (χ4v) is 4.04. The zero-order chi connectivity index (χ0) is 17.1. The lowest BCUT2D eigenvalue weighted by Crippen LogP contribution is -2.38. The quantitative estimate of drug-likeness (QED) is 0.663. The Morgan fingerprint density at radius 2 is 2.21 bits per heavy atom. The van der Waals surface area contributed by atoms with Gasteiger partial charge < -0.3 is 10.2 Å². The van der Waals surface area contributed by atoms with Crippen LogP contribution in [0.25, 0.3) is 0 Å². The van der Waals surface area contributed by atoms with Crippen molar-refractivity contribution in [1.82, 2.24) is 4.90 Å².